The van der Waals surface area contributed by atoms with Crippen LogP contribution in [0, 0.1) is 0 Å². The molecule has 1 amide bonds. The van der Waals surface area contributed by atoms with Crippen molar-refractivity contribution in [2.45, 2.75) is 13.1 Å². The van der Waals surface area contributed by atoms with Gasteiger partial charge in [-0.1, -0.05) is 17.3 Å². The number of rotatable bonds is 4. The zero-order valence-electron chi connectivity index (χ0n) is 13.3. The van der Waals surface area contributed by atoms with Crippen LogP contribution >= 0.6 is 0 Å². The van der Waals surface area contributed by atoms with Crippen LogP contribution in [0.25, 0.3) is 11.0 Å². The number of benzene rings is 1. The predicted octanol–water partition coefficient (Wildman–Crippen LogP) is 0.499. The molecule has 0 unspecified atom stereocenters. The molecule has 0 spiro atoms. The van der Waals surface area contributed by atoms with Gasteiger partial charge in [0, 0.05) is 32.4 Å². The Labute approximate surface area is 139 Å². The van der Waals surface area contributed by atoms with E-state index < -0.39 is 0 Å². The van der Waals surface area contributed by atoms with Crippen LogP contribution in [0.3, 0.4) is 0 Å². The maximum atomic E-state index is 12.2. The molecule has 8 nitrogen and oxygen atoms in total. The second-order valence-electron chi connectivity index (χ2n) is 5.96. The number of carbonyl (C=O) groups excluding carboxylic acids is 1. The lowest BCUT2D eigenvalue weighted by Crippen LogP contribution is -2.49. The molecule has 4 rings (SSSR count). The van der Waals surface area contributed by atoms with Crippen LogP contribution < -0.4 is 0 Å². The van der Waals surface area contributed by atoms with Gasteiger partial charge in [0.1, 0.15) is 12.4 Å². The topological polar surface area (TPSA) is 82.9 Å². The van der Waals surface area contributed by atoms with E-state index in [0.29, 0.717) is 0 Å². The summed E-state index contributed by atoms with van der Waals surface area (Å²) in [5.41, 5.74) is 2.06. The zero-order chi connectivity index (χ0) is 16.4. The number of amides is 1. The summed E-state index contributed by atoms with van der Waals surface area (Å²) in [6, 6.07) is 8.04. The molecule has 1 aliphatic heterocycles. The van der Waals surface area contributed by atoms with E-state index in [1.807, 2.05) is 29.2 Å². The molecule has 1 aliphatic rings. The number of hydrogen-bond donors (Lipinski definition) is 1. The Kier molecular flexibility index (Phi) is 3.96. The highest BCUT2D eigenvalue weighted by molar-refractivity contribution is 5.76. The van der Waals surface area contributed by atoms with Gasteiger partial charge in [0.25, 0.3) is 0 Å². The van der Waals surface area contributed by atoms with E-state index in [-0.39, 0.29) is 12.5 Å². The van der Waals surface area contributed by atoms with Gasteiger partial charge in [0.2, 0.25) is 5.91 Å². The molecule has 3 heterocycles. The molecule has 1 fully saturated rings. The van der Waals surface area contributed by atoms with Crippen LogP contribution in [0.1, 0.15) is 5.82 Å². The van der Waals surface area contributed by atoms with E-state index >= 15 is 0 Å². The number of para-hydroxylation sites is 2. The molecule has 0 radical (unpaired) electrons. The number of H-pyrrole nitrogens is 1. The Bertz CT molecular complexity index is 785. The number of carbonyl (C=O) groups is 1. The minimum absolute atomic E-state index is 0.0869. The number of aromatic amines is 1. The number of imidazole rings is 1. The van der Waals surface area contributed by atoms with Gasteiger partial charge in [0.15, 0.2) is 0 Å². The smallest absolute Gasteiger partial charge is 0.244 e. The SMILES string of the molecule is O=C(Cn1ccnn1)N1CCN(Cc2nc3ccccc3[nH]2)CC1. The van der Waals surface area contributed by atoms with Gasteiger partial charge in [-0.2, -0.15) is 0 Å². The maximum Gasteiger partial charge on any atom is 0.244 e. The van der Waals surface area contributed by atoms with Crippen molar-refractivity contribution in [2.24, 2.45) is 0 Å². The van der Waals surface area contributed by atoms with E-state index in [1.54, 1.807) is 17.1 Å². The summed E-state index contributed by atoms with van der Waals surface area (Å²) in [6.45, 7) is 4.19. The molecule has 1 saturated heterocycles. The van der Waals surface area contributed by atoms with Gasteiger partial charge in [-0.05, 0) is 12.1 Å². The predicted molar refractivity (Wildman–Crippen MR) is 88.0 cm³/mol. The van der Waals surface area contributed by atoms with E-state index in [9.17, 15) is 4.79 Å². The largest absolute Gasteiger partial charge is 0.341 e. The molecule has 1 aromatic carbocycles. The summed E-state index contributed by atoms with van der Waals surface area (Å²) in [5.74, 6) is 1.06. The van der Waals surface area contributed by atoms with Gasteiger partial charge in [-0.15, -0.1) is 5.10 Å². The fourth-order valence-corrected chi connectivity index (χ4v) is 3.00. The van der Waals surface area contributed by atoms with Gasteiger partial charge in [-0.25, -0.2) is 9.67 Å². The summed E-state index contributed by atoms with van der Waals surface area (Å²) in [5, 5.41) is 7.56. The van der Waals surface area contributed by atoms with Crippen molar-refractivity contribution in [2.75, 3.05) is 26.2 Å². The first-order valence-corrected chi connectivity index (χ1v) is 8.06. The van der Waals surface area contributed by atoms with E-state index in [1.165, 1.54) is 0 Å². The lowest BCUT2D eigenvalue weighted by Gasteiger charge is -2.34. The second-order valence-corrected chi connectivity index (χ2v) is 5.96. The number of aromatic nitrogens is 5. The van der Waals surface area contributed by atoms with Crippen molar-refractivity contribution in [3.63, 3.8) is 0 Å². The van der Waals surface area contributed by atoms with Gasteiger partial charge >= 0.3 is 0 Å². The zero-order valence-corrected chi connectivity index (χ0v) is 13.3. The standard InChI is InChI=1S/C16H19N7O/c24-16(12-23-6-5-17-20-23)22-9-7-21(8-10-22)11-15-18-13-3-1-2-4-14(13)19-15/h1-6H,7-12H2,(H,18,19). The first kappa shape index (κ1) is 14.8. The molecule has 8 heteroatoms. The third-order valence-corrected chi connectivity index (χ3v) is 4.31. The fraction of sp³-hybridized carbons (Fsp3) is 0.375. The minimum atomic E-state index is 0.0869. The van der Waals surface area contributed by atoms with Crippen LogP contribution in [0.5, 0.6) is 0 Å². The molecule has 3 aromatic rings. The molecular weight excluding hydrogens is 306 g/mol. The third-order valence-electron chi connectivity index (χ3n) is 4.31. The normalized spacial score (nSPS) is 15.9. The highest BCUT2D eigenvalue weighted by Crippen LogP contribution is 2.13. The van der Waals surface area contributed by atoms with Crippen LogP contribution in [0.2, 0.25) is 0 Å². The molecule has 2 aromatic heterocycles. The van der Waals surface area contributed by atoms with Crippen molar-refractivity contribution < 1.29 is 4.79 Å². The summed E-state index contributed by atoms with van der Waals surface area (Å²) in [6.07, 6.45) is 3.29. The van der Waals surface area contributed by atoms with Crippen LogP contribution in [-0.2, 0) is 17.9 Å². The number of nitrogens with one attached hydrogen (secondary N) is 1. The molecule has 0 bridgehead atoms. The minimum Gasteiger partial charge on any atom is -0.341 e. The molecular formula is C16H19N7O. The number of piperazine rings is 1. The number of fused-ring (bicyclic) bond motifs is 1. The highest BCUT2D eigenvalue weighted by atomic mass is 16.2. The third kappa shape index (κ3) is 3.13. The molecule has 24 heavy (non-hydrogen) atoms. The lowest BCUT2D eigenvalue weighted by molar-refractivity contribution is -0.133. The monoisotopic (exact) mass is 325 g/mol. The molecule has 0 aliphatic carbocycles. The van der Waals surface area contributed by atoms with E-state index in [2.05, 4.69) is 25.2 Å². The molecule has 124 valence electrons. The van der Waals surface area contributed by atoms with Crippen molar-refractivity contribution >= 4 is 16.9 Å². The van der Waals surface area contributed by atoms with Crippen molar-refractivity contribution in [1.29, 1.82) is 0 Å². The van der Waals surface area contributed by atoms with E-state index in [4.69, 9.17) is 0 Å². The summed E-state index contributed by atoms with van der Waals surface area (Å²) >= 11 is 0. The van der Waals surface area contributed by atoms with Gasteiger partial charge in [0.05, 0.1) is 23.8 Å². The second kappa shape index (κ2) is 6.40. The molecule has 1 N–H and O–H groups in total. The summed E-state index contributed by atoms with van der Waals surface area (Å²) < 4.78 is 1.56. The Morgan fingerprint density at radius 2 is 2.00 bits per heavy atom. The Balaban J connectivity index is 1.31. The summed E-state index contributed by atoms with van der Waals surface area (Å²) in [7, 11) is 0. The Hall–Kier alpha value is -2.74. The highest BCUT2D eigenvalue weighted by Gasteiger charge is 2.22. The van der Waals surface area contributed by atoms with E-state index in [0.717, 1.165) is 49.6 Å². The van der Waals surface area contributed by atoms with Crippen molar-refractivity contribution in [1.82, 2.24) is 34.8 Å². The first-order valence-electron chi connectivity index (χ1n) is 8.06. The van der Waals surface area contributed by atoms with Crippen LogP contribution in [-0.4, -0.2) is 66.8 Å². The first-order chi connectivity index (χ1) is 11.8. The molecule has 0 atom stereocenters. The number of hydrogen-bond acceptors (Lipinski definition) is 5. The maximum absolute atomic E-state index is 12.2. The van der Waals surface area contributed by atoms with Gasteiger partial charge < -0.3 is 9.88 Å². The number of nitrogens with zero attached hydrogens (tertiary/aromatic N) is 6. The average molecular weight is 325 g/mol. The van der Waals surface area contributed by atoms with Crippen molar-refractivity contribution in [3.8, 4) is 0 Å². The van der Waals surface area contributed by atoms with Crippen molar-refractivity contribution in [3.05, 3.63) is 42.5 Å². The Morgan fingerprint density at radius 1 is 1.17 bits per heavy atom. The quantitative estimate of drug-likeness (QED) is 0.755. The van der Waals surface area contributed by atoms with Crippen LogP contribution in [0.4, 0.5) is 0 Å². The summed E-state index contributed by atoms with van der Waals surface area (Å²) in [4.78, 5) is 24.4. The molecule has 0 saturated carbocycles. The average Bonchev–Trinajstić information content (AvgIpc) is 3.24. The fourth-order valence-electron chi connectivity index (χ4n) is 3.00. The Morgan fingerprint density at radius 3 is 2.75 bits per heavy atom. The lowest BCUT2D eigenvalue weighted by atomic mass is 10.3. The van der Waals surface area contributed by atoms with Crippen LogP contribution in [0.15, 0.2) is 36.7 Å². The van der Waals surface area contributed by atoms with Gasteiger partial charge in [-0.3, -0.25) is 9.69 Å².